The normalized spacial score (nSPS) is 24.6. The number of carbonyl (C=O) groups is 2. The summed E-state index contributed by atoms with van der Waals surface area (Å²) in [6, 6.07) is 10.4. The number of aryl methyl sites for hydroxylation is 1. The lowest BCUT2D eigenvalue weighted by molar-refractivity contribution is -0.148. The minimum absolute atomic E-state index is 0.0661. The predicted molar refractivity (Wildman–Crippen MR) is 122 cm³/mol. The summed E-state index contributed by atoms with van der Waals surface area (Å²) in [6.07, 6.45) is 5.81. The quantitative estimate of drug-likeness (QED) is 0.709. The van der Waals surface area contributed by atoms with Crippen LogP contribution in [0.1, 0.15) is 41.0 Å². The number of piperidine rings is 1. The topological polar surface area (TPSA) is 78.9 Å². The molecule has 0 N–H and O–H groups in total. The van der Waals surface area contributed by atoms with Crippen molar-refractivity contribution in [2.24, 2.45) is 0 Å². The maximum absolute atomic E-state index is 13.1. The lowest BCUT2D eigenvalue weighted by Crippen LogP contribution is -2.68. The summed E-state index contributed by atoms with van der Waals surface area (Å²) in [5, 5.41) is 0. The molecule has 0 radical (unpaired) electrons. The van der Waals surface area contributed by atoms with E-state index < -0.39 is 0 Å². The Kier molecular flexibility index (Phi) is 6.12. The first-order chi connectivity index (χ1) is 16.0. The van der Waals surface area contributed by atoms with Gasteiger partial charge in [-0.2, -0.15) is 0 Å². The zero-order valence-electron chi connectivity index (χ0n) is 19.2. The molecule has 3 aliphatic rings. The Labute approximate surface area is 194 Å². The van der Waals surface area contributed by atoms with E-state index in [2.05, 4.69) is 27.0 Å². The zero-order chi connectivity index (χ0) is 22.8. The lowest BCUT2D eigenvalue weighted by atomic mass is 9.88. The van der Waals surface area contributed by atoms with Crippen LogP contribution >= 0.6 is 0 Å². The van der Waals surface area contributed by atoms with Crippen molar-refractivity contribution in [3.63, 3.8) is 0 Å². The van der Waals surface area contributed by atoms with Crippen molar-refractivity contribution in [2.75, 3.05) is 39.4 Å². The Bertz CT molecular complexity index is 983. The second-order valence-corrected chi connectivity index (χ2v) is 9.46. The summed E-state index contributed by atoms with van der Waals surface area (Å²) < 4.78 is 5.86. The van der Waals surface area contributed by atoms with Crippen LogP contribution in [0.15, 0.2) is 42.7 Å². The molecule has 33 heavy (non-hydrogen) atoms. The van der Waals surface area contributed by atoms with Crippen LogP contribution in [0.5, 0.6) is 0 Å². The van der Waals surface area contributed by atoms with Gasteiger partial charge in [-0.1, -0.05) is 30.3 Å². The number of ether oxygens (including phenoxy) is 1. The number of likely N-dealkylation sites (tertiary alicyclic amines) is 1. The molecule has 1 spiro atoms. The average molecular weight is 450 g/mol. The molecule has 3 fully saturated rings. The van der Waals surface area contributed by atoms with Crippen molar-refractivity contribution in [2.45, 2.75) is 44.3 Å². The summed E-state index contributed by atoms with van der Waals surface area (Å²) >= 11 is 0. The molecule has 8 nitrogen and oxygen atoms in total. The van der Waals surface area contributed by atoms with Gasteiger partial charge in [0.1, 0.15) is 5.69 Å². The molecule has 174 valence electrons. The van der Waals surface area contributed by atoms with Crippen LogP contribution in [0.25, 0.3) is 0 Å². The van der Waals surface area contributed by atoms with Crippen molar-refractivity contribution in [1.29, 1.82) is 0 Å². The first-order valence-electron chi connectivity index (χ1n) is 11.8. The molecule has 3 saturated heterocycles. The number of piperazine rings is 1. The molecule has 0 aliphatic carbocycles. The average Bonchev–Trinajstić information content (AvgIpc) is 3.31. The zero-order valence-corrected chi connectivity index (χ0v) is 19.2. The minimum atomic E-state index is -0.137. The Hall–Kier alpha value is -2.84. The Morgan fingerprint density at radius 2 is 1.94 bits per heavy atom. The number of hydrogen-bond donors (Lipinski definition) is 0. The van der Waals surface area contributed by atoms with E-state index in [4.69, 9.17) is 4.74 Å². The van der Waals surface area contributed by atoms with E-state index in [0.717, 1.165) is 37.1 Å². The van der Waals surface area contributed by atoms with Crippen LogP contribution in [0.2, 0.25) is 0 Å². The van der Waals surface area contributed by atoms with Gasteiger partial charge in [0.05, 0.1) is 30.6 Å². The highest BCUT2D eigenvalue weighted by Gasteiger charge is 2.50. The highest BCUT2D eigenvalue weighted by atomic mass is 16.5. The second kappa shape index (κ2) is 9.19. The van der Waals surface area contributed by atoms with Gasteiger partial charge >= 0.3 is 0 Å². The highest BCUT2D eigenvalue weighted by molar-refractivity contribution is 5.92. The summed E-state index contributed by atoms with van der Waals surface area (Å²) in [6.45, 7) is 6.31. The minimum Gasteiger partial charge on any atom is -0.379 e. The molecule has 5 rings (SSSR count). The third-order valence-electron chi connectivity index (χ3n) is 7.24. The number of benzene rings is 1. The van der Waals surface area contributed by atoms with Gasteiger partial charge in [-0.3, -0.25) is 19.5 Å². The van der Waals surface area contributed by atoms with E-state index in [-0.39, 0.29) is 23.4 Å². The smallest absolute Gasteiger partial charge is 0.274 e. The number of hydrogen-bond acceptors (Lipinski definition) is 6. The largest absolute Gasteiger partial charge is 0.379 e. The van der Waals surface area contributed by atoms with E-state index >= 15 is 0 Å². The van der Waals surface area contributed by atoms with Crippen molar-refractivity contribution >= 4 is 11.8 Å². The summed E-state index contributed by atoms with van der Waals surface area (Å²) in [5.41, 5.74) is 2.20. The maximum atomic E-state index is 13.1. The first kappa shape index (κ1) is 22.0. The highest BCUT2D eigenvalue weighted by Crippen LogP contribution is 2.35. The van der Waals surface area contributed by atoms with Crippen molar-refractivity contribution in [3.05, 3.63) is 59.7 Å². The molecule has 1 aromatic carbocycles. The van der Waals surface area contributed by atoms with Crippen LogP contribution in [-0.2, 0) is 16.1 Å². The monoisotopic (exact) mass is 449 g/mol. The predicted octanol–water partition coefficient (Wildman–Crippen LogP) is 1.89. The molecule has 1 unspecified atom stereocenters. The third-order valence-corrected chi connectivity index (χ3v) is 7.24. The molecule has 4 heterocycles. The molecule has 3 aliphatic heterocycles. The van der Waals surface area contributed by atoms with Crippen molar-refractivity contribution < 1.29 is 14.3 Å². The molecular weight excluding hydrogens is 418 g/mol. The van der Waals surface area contributed by atoms with Gasteiger partial charge in [0.2, 0.25) is 5.91 Å². The van der Waals surface area contributed by atoms with E-state index in [0.29, 0.717) is 45.0 Å². The van der Waals surface area contributed by atoms with Gasteiger partial charge in [0.25, 0.3) is 5.91 Å². The van der Waals surface area contributed by atoms with Crippen LogP contribution in [0.4, 0.5) is 0 Å². The maximum Gasteiger partial charge on any atom is 0.274 e. The fourth-order valence-corrected chi connectivity index (χ4v) is 5.41. The molecule has 1 aromatic heterocycles. The SMILES string of the molecule is Cc1cnc(C(=O)N2CCC(N3CC(=O)N(Cc4ccccc4)CC34CCOC4)CC2)cn1. The fraction of sp³-hybridized carbons (Fsp3) is 0.520. The van der Waals surface area contributed by atoms with Gasteiger partial charge < -0.3 is 14.5 Å². The van der Waals surface area contributed by atoms with Gasteiger partial charge in [-0.25, -0.2) is 4.98 Å². The van der Waals surface area contributed by atoms with E-state index in [9.17, 15) is 9.59 Å². The Morgan fingerprint density at radius 3 is 2.61 bits per heavy atom. The van der Waals surface area contributed by atoms with Crippen LogP contribution < -0.4 is 0 Å². The number of rotatable bonds is 4. The van der Waals surface area contributed by atoms with Crippen molar-refractivity contribution in [3.8, 4) is 0 Å². The van der Waals surface area contributed by atoms with Crippen LogP contribution in [0.3, 0.4) is 0 Å². The Morgan fingerprint density at radius 1 is 1.15 bits per heavy atom. The number of carbonyl (C=O) groups excluding carboxylic acids is 2. The number of amides is 2. The van der Waals surface area contributed by atoms with E-state index in [1.165, 1.54) is 0 Å². The van der Waals surface area contributed by atoms with Crippen LogP contribution in [0, 0.1) is 6.92 Å². The molecule has 0 bridgehead atoms. The first-order valence-corrected chi connectivity index (χ1v) is 11.8. The summed E-state index contributed by atoms with van der Waals surface area (Å²) in [5.74, 6) is 0.105. The number of aromatic nitrogens is 2. The summed E-state index contributed by atoms with van der Waals surface area (Å²) in [7, 11) is 0. The molecule has 2 amide bonds. The van der Waals surface area contributed by atoms with E-state index in [1.54, 1.807) is 12.4 Å². The van der Waals surface area contributed by atoms with Crippen LogP contribution in [-0.4, -0.2) is 87.5 Å². The summed E-state index contributed by atoms with van der Waals surface area (Å²) in [4.78, 5) is 40.7. The molecule has 8 heteroatoms. The number of nitrogens with zero attached hydrogens (tertiary/aromatic N) is 5. The van der Waals surface area contributed by atoms with E-state index in [1.807, 2.05) is 34.9 Å². The standard InChI is InChI=1S/C25H31N5O3/c1-19-13-27-22(14-26-19)24(32)28-10-7-21(8-11-28)30-16-23(31)29(15-20-5-3-2-4-6-20)17-25(30)9-12-33-18-25/h2-6,13-14,21H,7-12,15-18H2,1H3. The molecule has 1 atom stereocenters. The van der Waals surface area contributed by atoms with Gasteiger partial charge in [-0.05, 0) is 31.7 Å². The Balaban J connectivity index is 1.26. The fourth-order valence-electron chi connectivity index (χ4n) is 5.41. The molecular formula is C25H31N5O3. The van der Waals surface area contributed by atoms with Gasteiger partial charge in [0.15, 0.2) is 0 Å². The lowest BCUT2D eigenvalue weighted by Gasteiger charge is -2.52. The van der Waals surface area contributed by atoms with Crippen molar-refractivity contribution in [1.82, 2.24) is 24.7 Å². The van der Waals surface area contributed by atoms with Gasteiger partial charge in [0, 0.05) is 45.0 Å². The molecule has 0 saturated carbocycles. The second-order valence-electron chi connectivity index (χ2n) is 9.46. The van der Waals surface area contributed by atoms with Gasteiger partial charge in [-0.15, -0.1) is 0 Å². The third kappa shape index (κ3) is 4.50. The molecule has 2 aromatic rings.